The van der Waals surface area contributed by atoms with Gasteiger partial charge in [0.15, 0.2) is 0 Å². The zero-order valence-corrected chi connectivity index (χ0v) is 20.2. The van der Waals surface area contributed by atoms with Gasteiger partial charge in [-0.1, -0.05) is 6.07 Å². The number of piperidine rings is 1. The lowest BCUT2D eigenvalue weighted by Crippen LogP contribution is -2.41. The number of carbonyl (C=O) groups excluding carboxylic acids is 1. The number of amides is 1. The van der Waals surface area contributed by atoms with Gasteiger partial charge in [-0.05, 0) is 58.1 Å². The molecule has 0 saturated carbocycles. The van der Waals surface area contributed by atoms with E-state index < -0.39 is 17.2 Å². The van der Waals surface area contributed by atoms with Gasteiger partial charge in [-0.25, -0.2) is 14.2 Å². The molecule has 4 rings (SSSR count). The summed E-state index contributed by atoms with van der Waals surface area (Å²) in [5.41, 5.74) is 2.09. The van der Waals surface area contributed by atoms with Crippen LogP contribution < -0.4 is 4.74 Å². The highest BCUT2D eigenvalue weighted by atomic mass is 32.1. The Bertz CT molecular complexity index is 1200. The molecule has 11 heteroatoms. The molecule has 34 heavy (non-hydrogen) atoms. The average molecular weight is 492 g/mol. The van der Waals surface area contributed by atoms with Crippen LogP contribution in [0.5, 0.6) is 11.6 Å². The number of hydrogen-bond donors (Lipinski definition) is 0. The number of furan rings is 1. The highest BCUT2D eigenvalue weighted by molar-refractivity contribution is 7.51. The van der Waals surface area contributed by atoms with E-state index in [1.807, 2.05) is 20.8 Å². The van der Waals surface area contributed by atoms with E-state index in [9.17, 15) is 9.18 Å². The molecule has 0 spiro atoms. The van der Waals surface area contributed by atoms with Crippen LogP contribution in [0.15, 0.2) is 35.2 Å². The Morgan fingerprint density at radius 2 is 1.88 bits per heavy atom. The second-order valence-electron chi connectivity index (χ2n) is 8.87. The van der Waals surface area contributed by atoms with Gasteiger partial charge in [-0.15, -0.1) is 0 Å². The summed E-state index contributed by atoms with van der Waals surface area (Å²) < 4.78 is 47.4. The number of halogens is 1. The molecule has 182 valence electrons. The van der Waals surface area contributed by atoms with Crippen LogP contribution >= 0.6 is 0 Å². The number of carbonyl (C=O) groups is 1. The number of likely N-dealkylation sites (tertiary alicyclic amines) is 1. The molecule has 0 unspecified atom stereocenters. The van der Waals surface area contributed by atoms with E-state index in [1.165, 1.54) is 12.4 Å². The molecule has 1 fully saturated rings. The molecular formula is C23H26FN3O6S. The molecule has 0 aliphatic carbocycles. The first-order valence-electron chi connectivity index (χ1n) is 10.7. The van der Waals surface area contributed by atoms with Crippen LogP contribution in [0, 0.1) is 12.7 Å². The van der Waals surface area contributed by atoms with Gasteiger partial charge in [0.25, 0.3) is 5.88 Å². The number of fused-ring (bicyclic) bond motifs is 1. The number of aryl methyl sites for hydroxylation is 1. The summed E-state index contributed by atoms with van der Waals surface area (Å²) in [6.07, 6.45) is 4.35. The lowest BCUT2D eigenvalue weighted by Gasteiger charge is -2.33. The maximum atomic E-state index is 13.8. The normalized spacial score (nSPS) is 14.3. The largest absolute Gasteiger partial charge is 0.457 e. The molecular weight excluding hydrogens is 465 g/mol. The molecule has 0 bridgehead atoms. The van der Waals surface area contributed by atoms with E-state index in [-0.39, 0.29) is 23.7 Å². The van der Waals surface area contributed by atoms with E-state index in [0.29, 0.717) is 35.5 Å². The Hall–Kier alpha value is -3.34. The summed E-state index contributed by atoms with van der Waals surface area (Å²) in [4.78, 5) is 22.6. The number of ether oxygens (including phenoxy) is 2. The third-order valence-electron chi connectivity index (χ3n) is 5.29. The van der Waals surface area contributed by atoms with E-state index in [4.69, 9.17) is 22.3 Å². The predicted molar refractivity (Wildman–Crippen MR) is 122 cm³/mol. The molecule has 1 aliphatic heterocycles. The van der Waals surface area contributed by atoms with Crippen molar-refractivity contribution in [1.82, 2.24) is 14.9 Å². The van der Waals surface area contributed by atoms with E-state index in [1.54, 1.807) is 30.2 Å². The lowest BCUT2D eigenvalue weighted by atomic mass is 9.90. The van der Waals surface area contributed by atoms with Crippen molar-refractivity contribution in [2.24, 2.45) is 0 Å². The fraction of sp³-hybridized carbons (Fsp3) is 0.435. The van der Waals surface area contributed by atoms with Crippen molar-refractivity contribution in [2.75, 3.05) is 13.1 Å². The Morgan fingerprint density at radius 3 is 2.50 bits per heavy atom. The van der Waals surface area contributed by atoms with Gasteiger partial charge in [0.05, 0.1) is 6.26 Å². The highest BCUT2D eigenvalue weighted by Gasteiger charge is 2.29. The molecule has 1 saturated heterocycles. The average Bonchev–Trinajstić information content (AvgIpc) is 3.21. The molecule has 3 aromatic rings. The van der Waals surface area contributed by atoms with Crippen molar-refractivity contribution in [3.8, 4) is 11.6 Å². The van der Waals surface area contributed by atoms with Gasteiger partial charge in [0.1, 0.15) is 29.0 Å². The van der Waals surface area contributed by atoms with Crippen molar-refractivity contribution < 1.29 is 31.5 Å². The first-order valence-corrected chi connectivity index (χ1v) is 11.4. The molecule has 2 aromatic heterocycles. The predicted octanol–water partition coefficient (Wildman–Crippen LogP) is 4.91. The van der Waals surface area contributed by atoms with Gasteiger partial charge in [-0.2, -0.15) is 13.4 Å². The molecule has 9 nitrogen and oxygen atoms in total. The van der Waals surface area contributed by atoms with Crippen molar-refractivity contribution in [3.63, 3.8) is 0 Å². The molecule has 1 aliphatic rings. The summed E-state index contributed by atoms with van der Waals surface area (Å²) in [7, 11) is 0. The number of aromatic nitrogens is 2. The van der Waals surface area contributed by atoms with Crippen LogP contribution in [-0.4, -0.2) is 48.1 Å². The molecule has 3 heterocycles. The van der Waals surface area contributed by atoms with E-state index in [0.717, 1.165) is 18.4 Å². The maximum absolute atomic E-state index is 13.8. The summed E-state index contributed by atoms with van der Waals surface area (Å²) >= 11 is -0.750. The zero-order chi connectivity index (χ0) is 24.9. The second kappa shape index (κ2) is 10.7. The maximum Gasteiger partial charge on any atom is 0.410 e. The first kappa shape index (κ1) is 25.3. The van der Waals surface area contributed by atoms with E-state index >= 15 is 0 Å². The monoisotopic (exact) mass is 491 g/mol. The summed E-state index contributed by atoms with van der Waals surface area (Å²) in [6, 6.07) is 4.65. The second-order valence-corrected chi connectivity index (χ2v) is 9.01. The van der Waals surface area contributed by atoms with Crippen LogP contribution in [0.3, 0.4) is 0 Å². The Labute approximate surface area is 199 Å². The van der Waals surface area contributed by atoms with E-state index in [2.05, 4.69) is 9.97 Å². The van der Waals surface area contributed by atoms with Gasteiger partial charge < -0.3 is 18.8 Å². The molecule has 1 aromatic carbocycles. The fourth-order valence-corrected chi connectivity index (χ4v) is 3.66. The Kier molecular flexibility index (Phi) is 7.98. The topological polar surface area (TPSA) is 112 Å². The van der Waals surface area contributed by atoms with Crippen LogP contribution in [-0.2, 0) is 16.3 Å². The van der Waals surface area contributed by atoms with Gasteiger partial charge >= 0.3 is 17.7 Å². The van der Waals surface area contributed by atoms with Crippen molar-refractivity contribution in [3.05, 3.63) is 47.7 Å². The van der Waals surface area contributed by atoms with Crippen molar-refractivity contribution >= 4 is 28.8 Å². The van der Waals surface area contributed by atoms with Gasteiger partial charge in [0.2, 0.25) is 5.58 Å². The standard InChI is InChI=1S/C23H26FN3O4.O2S/c1-14-5-6-16(11-18(14)24)30-21-20-19(25-13-26-21)17(12-29-20)15-7-9-27(10-8-15)22(28)31-23(2,3)4;1-3-2/h5-6,11-13,15H,7-10H2,1-4H3;. The molecule has 1 amide bonds. The number of hydrogen-bond acceptors (Lipinski definition) is 8. The van der Waals surface area contributed by atoms with Crippen LogP contribution in [0.25, 0.3) is 11.1 Å². The number of rotatable bonds is 3. The smallest absolute Gasteiger partial charge is 0.410 e. The quantitative estimate of drug-likeness (QED) is 0.508. The SMILES string of the molecule is Cc1ccc(Oc2ncnc3c(C4CCN(C(=O)OC(C)(C)C)CC4)coc23)cc1F.O=S=O. The minimum atomic E-state index is -0.750. The highest BCUT2D eigenvalue weighted by Crippen LogP contribution is 2.37. The lowest BCUT2D eigenvalue weighted by molar-refractivity contribution is 0.0205. The molecule has 0 radical (unpaired) electrons. The summed E-state index contributed by atoms with van der Waals surface area (Å²) in [6.45, 7) is 8.47. The van der Waals surface area contributed by atoms with Crippen molar-refractivity contribution in [1.29, 1.82) is 0 Å². The first-order chi connectivity index (χ1) is 16.1. The van der Waals surface area contributed by atoms with Crippen molar-refractivity contribution in [2.45, 2.75) is 52.1 Å². The Balaban J connectivity index is 0.00000103. The van der Waals surface area contributed by atoms with Gasteiger partial charge in [-0.3, -0.25) is 0 Å². The number of nitrogens with zero attached hydrogens (tertiary/aromatic N) is 3. The summed E-state index contributed by atoms with van der Waals surface area (Å²) in [5, 5.41) is 0. The van der Waals surface area contributed by atoms with Gasteiger partial charge in [0, 0.05) is 24.7 Å². The number of benzene rings is 1. The third kappa shape index (κ3) is 6.16. The zero-order valence-electron chi connectivity index (χ0n) is 19.4. The van der Waals surface area contributed by atoms with Crippen LogP contribution in [0.1, 0.15) is 50.7 Å². The molecule has 0 N–H and O–H groups in total. The fourth-order valence-electron chi connectivity index (χ4n) is 3.66. The minimum absolute atomic E-state index is 0.194. The van der Waals surface area contributed by atoms with Crippen LogP contribution in [0.2, 0.25) is 0 Å². The third-order valence-corrected chi connectivity index (χ3v) is 5.29. The van der Waals surface area contributed by atoms with Crippen LogP contribution in [0.4, 0.5) is 9.18 Å². The molecule has 0 atom stereocenters. The summed E-state index contributed by atoms with van der Waals surface area (Å²) in [5.74, 6) is 0.427. The minimum Gasteiger partial charge on any atom is -0.457 e. The Morgan fingerprint density at radius 1 is 1.21 bits per heavy atom.